The van der Waals surface area contributed by atoms with E-state index in [1.54, 1.807) is 24.2 Å². The number of carbonyl (C=O) groups excluding carboxylic acids is 1. The van der Waals surface area contributed by atoms with Gasteiger partial charge in [-0.15, -0.1) is 5.10 Å². The van der Waals surface area contributed by atoms with Gasteiger partial charge < -0.3 is 4.42 Å². The fourth-order valence-electron chi connectivity index (χ4n) is 1.48. The highest BCUT2D eigenvalue weighted by Gasteiger charge is 2.08. The number of rotatable bonds is 5. The van der Waals surface area contributed by atoms with Crippen molar-refractivity contribution >= 4 is 5.78 Å². The maximum Gasteiger partial charge on any atom is 0.139 e. The number of hydrogen-bond acceptors (Lipinski definition) is 4. The van der Waals surface area contributed by atoms with Gasteiger partial charge in [0.1, 0.15) is 11.5 Å². The summed E-state index contributed by atoms with van der Waals surface area (Å²) in [4.78, 5) is 11.6. The topological polar surface area (TPSA) is 60.9 Å². The number of aryl methyl sites for hydroxylation is 2. The van der Waals surface area contributed by atoms with Crippen molar-refractivity contribution in [1.29, 1.82) is 0 Å². The highest BCUT2D eigenvalue weighted by molar-refractivity contribution is 5.80. The molecule has 2 aromatic rings. The molecule has 0 saturated carbocycles. The number of Topliss-reactive ketones (excluding diaryl/α,β-unsaturated/α-hetero) is 1. The highest BCUT2D eigenvalue weighted by Crippen LogP contribution is 2.05. The Kier molecular flexibility index (Phi) is 3.14. The smallest absolute Gasteiger partial charge is 0.139 e. The first-order valence-corrected chi connectivity index (χ1v) is 5.13. The third-order valence-corrected chi connectivity index (χ3v) is 2.26. The normalized spacial score (nSPS) is 10.6. The van der Waals surface area contributed by atoms with E-state index < -0.39 is 0 Å². The minimum Gasteiger partial charge on any atom is -0.469 e. The average Bonchev–Trinajstić information content (AvgIpc) is 2.87. The zero-order chi connectivity index (χ0) is 11.4. The van der Waals surface area contributed by atoms with Crippen molar-refractivity contribution < 1.29 is 9.21 Å². The van der Waals surface area contributed by atoms with E-state index in [1.807, 2.05) is 12.1 Å². The molecule has 5 heteroatoms. The summed E-state index contributed by atoms with van der Waals surface area (Å²) in [5.74, 6) is 0.990. The van der Waals surface area contributed by atoms with E-state index in [4.69, 9.17) is 4.42 Å². The van der Waals surface area contributed by atoms with Gasteiger partial charge in [0.2, 0.25) is 0 Å². The third-order valence-electron chi connectivity index (χ3n) is 2.26. The zero-order valence-corrected chi connectivity index (χ0v) is 9.09. The van der Waals surface area contributed by atoms with Crippen LogP contribution in [-0.2, 0) is 24.7 Å². The van der Waals surface area contributed by atoms with Crippen LogP contribution in [0.4, 0.5) is 0 Å². The molecule has 0 aromatic carbocycles. The van der Waals surface area contributed by atoms with Crippen LogP contribution in [0.25, 0.3) is 0 Å². The first-order chi connectivity index (χ1) is 7.74. The van der Waals surface area contributed by atoms with Crippen molar-refractivity contribution in [3.05, 3.63) is 36.0 Å². The second-order valence-electron chi connectivity index (χ2n) is 3.68. The lowest BCUT2D eigenvalue weighted by atomic mass is 10.1. The van der Waals surface area contributed by atoms with Crippen LogP contribution in [0, 0.1) is 0 Å². The van der Waals surface area contributed by atoms with Crippen LogP contribution in [0.15, 0.2) is 29.0 Å². The molecule has 2 aromatic heterocycles. The Hall–Kier alpha value is -1.91. The molecule has 0 aliphatic heterocycles. The van der Waals surface area contributed by atoms with Gasteiger partial charge in [-0.2, -0.15) is 0 Å². The van der Waals surface area contributed by atoms with Gasteiger partial charge in [-0.1, -0.05) is 5.21 Å². The SMILES string of the molecule is Cn1cc(CC(=O)CCc2ccco2)nn1. The molecule has 0 amide bonds. The Morgan fingerprint density at radius 2 is 2.44 bits per heavy atom. The summed E-state index contributed by atoms with van der Waals surface area (Å²) < 4.78 is 6.75. The van der Waals surface area contributed by atoms with E-state index in [-0.39, 0.29) is 5.78 Å². The van der Waals surface area contributed by atoms with Crippen LogP contribution >= 0.6 is 0 Å². The Labute approximate surface area is 93.1 Å². The van der Waals surface area contributed by atoms with Crippen molar-refractivity contribution in [3.63, 3.8) is 0 Å². The van der Waals surface area contributed by atoms with Crippen molar-refractivity contribution in [1.82, 2.24) is 15.0 Å². The summed E-state index contributed by atoms with van der Waals surface area (Å²) in [7, 11) is 1.78. The quantitative estimate of drug-likeness (QED) is 0.756. The molecule has 0 aliphatic rings. The van der Waals surface area contributed by atoms with Crippen LogP contribution in [-0.4, -0.2) is 20.8 Å². The second kappa shape index (κ2) is 4.74. The van der Waals surface area contributed by atoms with Gasteiger partial charge in [-0.3, -0.25) is 9.48 Å². The van der Waals surface area contributed by atoms with E-state index in [0.29, 0.717) is 25.0 Å². The maximum atomic E-state index is 11.6. The van der Waals surface area contributed by atoms with Crippen LogP contribution in [0.3, 0.4) is 0 Å². The number of furan rings is 1. The molecule has 0 spiro atoms. The molecule has 5 nitrogen and oxygen atoms in total. The van der Waals surface area contributed by atoms with Crippen LogP contribution in [0.5, 0.6) is 0 Å². The second-order valence-corrected chi connectivity index (χ2v) is 3.68. The van der Waals surface area contributed by atoms with Crippen LogP contribution < -0.4 is 0 Å². The van der Waals surface area contributed by atoms with E-state index in [9.17, 15) is 4.79 Å². The lowest BCUT2D eigenvalue weighted by Crippen LogP contribution is -2.04. The molecular weight excluding hydrogens is 206 g/mol. The largest absolute Gasteiger partial charge is 0.469 e. The zero-order valence-electron chi connectivity index (χ0n) is 9.09. The standard InChI is InChI=1S/C11H13N3O2/c1-14-8-9(12-13-14)7-10(15)4-5-11-3-2-6-16-11/h2-3,6,8H,4-5,7H2,1H3. The fourth-order valence-corrected chi connectivity index (χ4v) is 1.48. The average molecular weight is 219 g/mol. The molecular formula is C11H13N3O2. The third kappa shape index (κ3) is 2.79. The van der Waals surface area contributed by atoms with Crippen molar-refractivity contribution in [3.8, 4) is 0 Å². The van der Waals surface area contributed by atoms with Gasteiger partial charge in [0, 0.05) is 26.1 Å². The van der Waals surface area contributed by atoms with E-state index in [1.165, 1.54) is 0 Å². The van der Waals surface area contributed by atoms with E-state index >= 15 is 0 Å². The molecule has 2 heterocycles. The van der Waals surface area contributed by atoms with Crippen LogP contribution in [0.2, 0.25) is 0 Å². The molecule has 0 fully saturated rings. The number of carbonyl (C=O) groups is 1. The molecule has 0 saturated heterocycles. The highest BCUT2D eigenvalue weighted by atomic mass is 16.3. The van der Waals surface area contributed by atoms with Crippen molar-refractivity contribution in [2.75, 3.05) is 0 Å². The Bertz CT molecular complexity index is 459. The predicted molar refractivity (Wildman–Crippen MR) is 56.7 cm³/mol. The van der Waals surface area contributed by atoms with Crippen molar-refractivity contribution in [2.24, 2.45) is 7.05 Å². The lowest BCUT2D eigenvalue weighted by molar-refractivity contribution is -0.118. The summed E-state index contributed by atoms with van der Waals surface area (Å²) in [5.41, 5.74) is 0.715. The first-order valence-electron chi connectivity index (χ1n) is 5.13. The molecule has 0 unspecified atom stereocenters. The predicted octanol–water partition coefficient (Wildman–Crippen LogP) is 1.15. The Morgan fingerprint density at radius 1 is 1.56 bits per heavy atom. The van der Waals surface area contributed by atoms with Gasteiger partial charge in [-0.05, 0) is 12.1 Å². The lowest BCUT2D eigenvalue weighted by Gasteiger charge is -1.96. The monoisotopic (exact) mass is 219 g/mol. The van der Waals surface area contributed by atoms with Crippen molar-refractivity contribution in [2.45, 2.75) is 19.3 Å². The number of aromatic nitrogens is 3. The van der Waals surface area contributed by atoms with Crippen LogP contribution in [0.1, 0.15) is 17.9 Å². The molecule has 0 radical (unpaired) electrons. The molecule has 2 rings (SSSR count). The molecule has 0 bridgehead atoms. The number of nitrogens with zero attached hydrogens (tertiary/aromatic N) is 3. The number of ketones is 1. The summed E-state index contributed by atoms with van der Waals surface area (Å²) in [5, 5.41) is 7.65. The number of hydrogen-bond donors (Lipinski definition) is 0. The minimum atomic E-state index is 0.150. The molecule has 16 heavy (non-hydrogen) atoms. The van der Waals surface area contributed by atoms with Gasteiger partial charge >= 0.3 is 0 Å². The first kappa shape index (κ1) is 10.6. The Morgan fingerprint density at radius 3 is 3.06 bits per heavy atom. The van der Waals surface area contributed by atoms with Gasteiger partial charge in [0.05, 0.1) is 18.4 Å². The van der Waals surface area contributed by atoms with Gasteiger partial charge in [0.15, 0.2) is 0 Å². The Balaban J connectivity index is 1.81. The fraction of sp³-hybridized carbons (Fsp3) is 0.364. The van der Waals surface area contributed by atoms with Gasteiger partial charge in [0.25, 0.3) is 0 Å². The summed E-state index contributed by atoms with van der Waals surface area (Å²) >= 11 is 0. The molecule has 84 valence electrons. The minimum absolute atomic E-state index is 0.150. The van der Waals surface area contributed by atoms with E-state index in [2.05, 4.69) is 10.3 Å². The van der Waals surface area contributed by atoms with Gasteiger partial charge in [-0.25, -0.2) is 0 Å². The maximum absolute atomic E-state index is 11.6. The molecule has 0 aliphatic carbocycles. The summed E-state index contributed by atoms with van der Waals surface area (Å²) in [6.45, 7) is 0. The summed E-state index contributed by atoms with van der Waals surface area (Å²) in [6.07, 6.45) is 4.83. The molecule has 0 N–H and O–H groups in total. The summed E-state index contributed by atoms with van der Waals surface area (Å²) in [6, 6.07) is 3.69. The molecule has 0 atom stereocenters. The van der Waals surface area contributed by atoms with E-state index in [0.717, 1.165) is 5.76 Å².